The first-order valence-corrected chi connectivity index (χ1v) is 17.1. The average molecular weight is 796 g/mol. The van der Waals surface area contributed by atoms with E-state index in [-0.39, 0.29) is 42.7 Å². The summed E-state index contributed by atoms with van der Waals surface area (Å²) >= 11 is 9.40. The van der Waals surface area contributed by atoms with Gasteiger partial charge in [-0.3, -0.25) is 9.59 Å². The molecule has 0 aliphatic rings. The van der Waals surface area contributed by atoms with E-state index in [0.29, 0.717) is 6.61 Å². The van der Waals surface area contributed by atoms with Crippen LogP contribution in [0.25, 0.3) is 21.5 Å². The summed E-state index contributed by atoms with van der Waals surface area (Å²) in [7, 11) is 4.80. The number of hydrogen-bond donors (Lipinski definition) is 0. The second-order valence-corrected chi connectivity index (χ2v) is 14.7. The van der Waals surface area contributed by atoms with Crippen LogP contribution in [0.2, 0.25) is 0 Å². The Morgan fingerprint density at radius 2 is 1.12 bits per heavy atom. The van der Waals surface area contributed by atoms with E-state index < -0.39 is 9.74 Å². The fourth-order valence-corrected chi connectivity index (χ4v) is 5.51. The first kappa shape index (κ1) is 43.4. The van der Waals surface area contributed by atoms with Gasteiger partial charge in [0.1, 0.15) is 15.8 Å². The molecule has 258 valence electrons. The Kier molecular flexibility index (Phi) is 18.2. The van der Waals surface area contributed by atoms with Crippen molar-refractivity contribution in [1.29, 1.82) is 0 Å². The first-order valence-electron chi connectivity index (χ1n) is 15.9. The molecule has 2 unspecified atom stereocenters. The fourth-order valence-electron chi connectivity index (χ4n) is 5.26. The summed E-state index contributed by atoms with van der Waals surface area (Å²) in [5.41, 5.74) is 1.79. The van der Waals surface area contributed by atoms with E-state index in [1.807, 2.05) is 38.1 Å². The molecule has 4 aromatic carbocycles. The predicted octanol–water partition coefficient (Wildman–Crippen LogP) is 10.8. The SMILES string of the molecule is CCC(Cl)c1ccc2cc(OC)ccc2c1.CCC(c1ccc2cc(OC)ccc2c1)C(C)(C)C(=O)OC.CCOC(=O)C(C)(C)Br.[Zn]. The van der Waals surface area contributed by atoms with E-state index in [1.54, 1.807) is 35.0 Å². The maximum absolute atomic E-state index is 12.1. The second-order valence-electron chi connectivity index (χ2n) is 12.2. The minimum absolute atomic E-state index is 0. The van der Waals surface area contributed by atoms with Crippen LogP contribution in [0, 0.1) is 5.41 Å². The molecule has 6 nitrogen and oxygen atoms in total. The second kappa shape index (κ2) is 20.1. The maximum atomic E-state index is 12.1. The molecular formula is C39H50BrClO6Zn. The smallest absolute Gasteiger partial charge is 0.322 e. The first-order chi connectivity index (χ1) is 22.2. The zero-order chi connectivity index (χ0) is 35.4. The van der Waals surface area contributed by atoms with Gasteiger partial charge in [0, 0.05) is 19.5 Å². The van der Waals surface area contributed by atoms with Crippen LogP contribution < -0.4 is 9.47 Å². The monoisotopic (exact) mass is 792 g/mol. The molecule has 0 radical (unpaired) electrons. The van der Waals surface area contributed by atoms with Gasteiger partial charge in [-0.1, -0.05) is 72.2 Å². The third-order valence-electron chi connectivity index (χ3n) is 8.02. The Morgan fingerprint density at radius 1 is 0.688 bits per heavy atom. The number of esters is 2. The van der Waals surface area contributed by atoms with E-state index in [4.69, 9.17) is 30.5 Å². The number of carbonyl (C=O) groups excluding carboxylic acids is 2. The normalized spacial score (nSPS) is 12.2. The number of alkyl halides is 2. The van der Waals surface area contributed by atoms with Crippen molar-refractivity contribution in [2.24, 2.45) is 5.41 Å². The Hall–Kier alpha value is -2.67. The molecule has 0 fully saturated rings. The van der Waals surface area contributed by atoms with Gasteiger partial charge >= 0.3 is 11.9 Å². The largest absolute Gasteiger partial charge is 0.497 e. The van der Waals surface area contributed by atoms with Crippen LogP contribution in [0.4, 0.5) is 0 Å². The van der Waals surface area contributed by atoms with Crippen molar-refractivity contribution in [3.05, 3.63) is 83.9 Å². The van der Waals surface area contributed by atoms with Gasteiger partial charge in [-0.25, -0.2) is 0 Å². The summed E-state index contributed by atoms with van der Waals surface area (Å²) in [4.78, 5) is 22.9. The number of fused-ring (bicyclic) bond motifs is 2. The van der Waals surface area contributed by atoms with Crippen molar-refractivity contribution in [2.45, 2.75) is 76.9 Å². The van der Waals surface area contributed by atoms with E-state index >= 15 is 0 Å². The number of hydrogen-bond acceptors (Lipinski definition) is 6. The van der Waals surface area contributed by atoms with Gasteiger partial charge in [0.2, 0.25) is 0 Å². The molecule has 0 bridgehead atoms. The van der Waals surface area contributed by atoms with E-state index in [1.165, 1.54) is 23.4 Å². The molecule has 0 amide bonds. The summed E-state index contributed by atoms with van der Waals surface area (Å²) < 4.78 is 19.6. The molecule has 0 saturated carbocycles. The fraction of sp³-hybridized carbons (Fsp3) is 0.436. The Morgan fingerprint density at radius 3 is 1.50 bits per heavy atom. The molecule has 4 rings (SSSR count). The van der Waals surface area contributed by atoms with Gasteiger partial charge in [-0.05, 0) is 116 Å². The summed E-state index contributed by atoms with van der Waals surface area (Å²) in [6, 6.07) is 24.8. The van der Waals surface area contributed by atoms with Crippen LogP contribution in [0.5, 0.6) is 11.5 Å². The van der Waals surface area contributed by atoms with Crippen LogP contribution in [-0.2, 0) is 38.5 Å². The zero-order valence-corrected chi connectivity index (χ0v) is 35.4. The summed E-state index contributed by atoms with van der Waals surface area (Å²) in [5.74, 6) is 1.46. The van der Waals surface area contributed by atoms with E-state index in [9.17, 15) is 9.59 Å². The van der Waals surface area contributed by atoms with Crippen molar-refractivity contribution >= 4 is 61.0 Å². The number of halogens is 2. The van der Waals surface area contributed by atoms with Crippen LogP contribution in [-0.4, -0.2) is 44.2 Å². The van der Waals surface area contributed by atoms with Gasteiger partial charge in [-0.15, -0.1) is 11.6 Å². The Labute approximate surface area is 313 Å². The van der Waals surface area contributed by atoms with Crippen LogP contribution in [0.1, 0.15) is 83.7 Å². The molecule has 0 saturated heterocycles. The van der Waals surface area contributed by atoms with Crippen molar-refractivity contribution < 1.29 is 48.0 Å². The molecule has 2 atom stereocenters. The molecular weight excluding hydrogens is 745 g/mol. The van der Waals surface area contributed by atoms with Crippen LogP contribution in [0.15, 0.2) is 72.8 Å². The number of carbonyl (C=O) groups is 2. The van der Waals surface area contributed by atoms with E-state index in [2.05, 4.69) is 78.3 Å². The minimum Gasteiger partial charge on any atom is -0.497 e. The Bertz CT molecular complexity index is 1620. The molecule has 0 aliphatic carbocycles. The molecule has 0 spiro atoms. The van der Waals surface area contributed by atoms with Gasteiger partial charge in [0.15, 0.2) is 0 Å². The maximum Gasteiger partial charge on any atom is 0.322 e. The Balaban J connectivity index is 0.000000389. The zero-order valence-electron chi connectivity index (χ0n) is 30.1. The van der Waals surface area contributed by atoms with Gasteiger partial charge in [-0.2, -0.15) is 0 Å². The number of methoxy groups -OCH3 is 3. The number of ether oxygens (including phenoxy) is 4. The molecule has 4 aromatic rings. The van der Waals surface area contributed by atoms with Crippen molar-refractivity contribution in [3.63, 3.8) is 0 Å². The van der Waals surface area contributed by atoms with Crippen molar-refractivity contribution in [1.82, 2.24) is 0 Å². The van der Waals surface area contributed by atoms with E-state index in [0.717, 1.165) is 40.7 Å². The summed E-state index contributed by atoms with van der Waals surface area (Å²) in [6.45, 7) is 13.8. The number of benzene rings is 4. The average Bonchev–Trinajstić information content (AvgIpc) is 3.07. The quantitative estimate of drug-likeness (QED) is 0.0904. The third kappa shape index (κ3) is 12.0. The third-order valence-corrected chi connectivity index (χ3v) is 8.90. The summed E-state index contributed by atoms with van der Waals surface area (Å²) in [6.07, 6.45) is 1.83. The van der Waals surface area contributed by atoms with Gasteiger partial charge in [0.05, 0.1) is 38.7 Å². The standard InChI is InChI=1S/C19H24O3.C14H15ClO.C6H11BrO2.Zn/c1-6-17(19(2,3)18(20)22-5)15-8-7-14-12-16(21-4)10-9-13(14)11-15;1-3-14(15)12-5-4-11-9-13(16-2)7-6-10(11)8-12;1-4-9-5(8)6(2,3)7;/h7-12,17H,6H2,1-5H3;4-9,14H,3H2,1-2H3;4H2,1-3H3;. The van der Waals surface area contributed by atoms with Crippen LogP contribution >= 0.6 is 27.5 Å². The van der Waals surface area contributed by atoms with Crippen LogP contribution in [0.3, 0.4) is 0 Å². The van der Waals surface area contributed by atoms with Gasteiger partial charge in [0.25, 0.3) is 0 Å². The number of rotatable bonds is 10. The van der Waals surface area contributed by atoms with Crippen molar-refractivity contribution in [2.75, 3.05) is 27.9 Å². The minimum atomic E-state index is -0.552. The predicted molar refractivity (Wildman–Crippen MR) is 198 cm³/mol. The molecule has 0 aliphatic heterocycles. The molecule has 9 heteroatoms. The molecule has 48 heavy (non-hydrogen) atoms. The van der Waals surface area contributed by atoms with Gasteiger partial charge < -0.3 is 18.9 Å². The topological polar surface area (TPSA) is 71.1 Å². The molecule has 0 N–H and O–H groups in total. The molecule has 0 aromatic heterocycles. The summed E-state index contributed by atoms with van der Waals surface area (Å²) in [5, 5.41) is 4.78. The van der Waals surface area contributed by atoms with Crippen molar-refractivity contribution in [3.8, 4) is 11.5 Å². The molecule has 0 heterocycles.